The molecule has 0 bridgehead atoms. The van der Waals surface area contributed by atoms with Gasteiger partial charge in [-0.25, -0.2) is 0 Å². The highest BCUT2D eigenvalue weighted by Gasteiger charge is 2.39. The summed E-state index contributed by atoms with van der Waals surface area (Å²) in [6.07, 6.45) is 0. The van der Waals surface area contributed by atoms with Crippen molar-refractivity contribution in [2.45, 2.75) is 6.92 Å². The van der Waals surface area contributed by atoms with Crippen LogP contribution in [0.3, 0.4) is 0 Å². The molecule has 0 spiro atoms. The van der Waals surface area contributed by atoms with Gasteiger partial charge in [-0.05, 0) is 12.1 Å². The van der Waals surface area contributed by atoms with Crippen LogP contribution in [0.1, 0.15) is 27.6 Å². The lowest BCUT2D eigenvalue weighted by Crippen LogP contribution is -2.45. The Morgan fingerprint density at radius 1 is 1.00 bits per heavy atom. The first-order valence-corrected chi connectivity index (χ1v) is 9.73. The van der Waals surface area contributed by atoms with Crippen LogP contribution in [-0.2, 0) is 9.53 Å². The normalized spacial score (nSPS) is 16.4. The molecule has 154 valence electrons. The smallest absolute Gasteiger partial charge is 0.228 e. The highest BCUT2D eigenvalue weighted by Crippen LogP contribution is 2.34. The quantitative estimate of drug-likeness (QED) is 0.777. The molecule has 7 heteroatoms. The predicted octanol–water partition coefficient (Wildman–Crippen LogP) is 2.67. The molecular weight excluding hydrogens is 384 g/mol. The van der Waals surface area contributed by atoms with Crippen molar-refractivity contribution in [3.8, 4) is 5.75 Å². The highest BCUT2D eigenvalue weighted by molar-refractivity contribution is 6.29. The van der Waals surface area contributed by atoms with Crippen molar-refractivity contribution in [1.82, 2.24) is 4.90 Å². The van der Waals surface area contributed by atoms with Gasteiger partial charge in [0, 0.05) is 37.2 Å². The molecule has 30 heavy (non-hydrogen) atoms. The third-order valence-corrected chi connectivity index (χ3v) is 5.25. The van der Waals surface area contributed by atoms with Crippen molar-refractivity contribution in [3.63, 3.8) is 0 Å². The molecule has 1 heterocycles. The zero-order valence-electron chi connectivity index (χ0n) is 16.9. The van der Waals surface area contributed by atoms with Crippen LogP contribution in [0.4, 0.5) is 5.69 Å². The van der Waals surface area contributed by atoms with E-state index in [1.54, 1.807) is 48.5 Å². The van der Waals surface area contributed by atoms with Crippen LogP contribution in [0.15, 0.2) is 59.9 Å². The van der Waals surface area contributed by atoms with Gasteiger partial charge in [-0.3, -0.25) is 19.3 Å². The molecule has 0 aromatic heterocycles. The zero-order chi connectivity index (χ0) is 21.3. The Labute approximate surface area is 174 Å². The summed E-state index contributed by atoms with van der Waals surface area (Å²) in [4.78, 5) is 43.0. The zero-order valence-corrected chi connectivity index (χ0v) is 16.9. The number of nitrogens with zero attached hydrogens (tertiary/aromatic N) is 2. The summed E-state index contributed by atoms with van der Waals surface area (Å²) in [7, 11) is 1.53. The van der Waals surface area contributed by atoms with Gasteiger partial charge < -0.3 is 14.4 Å². The number of fused-ring (bicyclic) bond motifs is 1. The number of carbonyl (C=O) groups is 3. The third-order valence-electron chi connectivity index (χ3n) is 5.25. The van der Waals surface area contributed by atoms with E-state index < -0.39 is 0 Å². The van der Waals surface area contributed by atoms with Gasteiger partial charge in [0.15, 0.2) is 0 Å². The van der Waals surface area contributed by atoms with Gasteiger partial charge in [0.1, 0.15) is 17.1 Å². The number of morpholine rings is 1. The lowest BCUT2D eigenvalue weighted by molar-refractivity contribution is -0.116. The summed E-state index contributed by atoms with van der Waals surface area (Å²) in [5.41, 5.74) is 1.41. The highest BCUT2D eigenvalue weighted by atomic mass is 16.5. The van der Waals surface area contributed by atoms with E-state index >= 15 is 0 Å². The van der Waals surface area contributed by atoms with E-state index in [9.17, 15) is 14.4 Å². The number of rotatable bonds is 4. The molecule has 0 radical (unpaired) electrons. The van der Waals surface area contributed by atoms with Gasteiger partial charge in [0.25, 0.3) is 0 Å². The molecule has 2 aromatic rings. The van der Waals surface area contributed by atoms with Crippen molar-refractivity contribution in [2.24, 2.45) is 0 Å². The Kier molecular flexibility index (Phi) is 5.37. The molecule has 0 atom stereocenters. The topological polar surface area (TPSA) is 76.2 Å². The molecule has 1 aliphatic carbocycles. The second kappa shape index (κ2) is 8.12. The molecular formula is C23H22N2O5. The number of Topliss-reactive ketones (excluding diaryl/α,β-unsaturated/α-hetero) is 2. The van der Waals surface area contributed by atoms with Crippen LogP contribution < -0.4 is 9.64 Å². The Morgan fingerprint density at radius 2 is 1.67 bits per heavy atom. The molecule has 4 rings (SSSR count). The lowest BCUT2D eigenvalue weighted by Gasteiger charge is -2.36. The molecule has 0 saturated carbocycles. The first-order chi connectivity index (χ1) is 14.5. The van der Waals surface area contributed by atoms with Crippen LogP contribution in [0.2, 0.25) is 0 Å². The standard InChI is InChI=1S/C23H22N2O5/c1-15(26)25(16-6-5-7-17(14-16)29-2)21-20(24-10-12-30-13-11-24)22(27)18-8-3-4-9-19(18)23(21)28/h3-9,14H,10-13H2,1-2H3. The molecule has 1 aliphatic heterocycles. The molecule has 7 nitrogen and oxygen atoms in total. The van der Waals surface area contributed by atoms with Crippen molar-refractivity contribution < 1.29 is 23.9 Å². The minimum atomic E-state index is -0.371. The van der Waals surface area contributed by atoms with Crippen molar-refractivity contribution in [2.75, 3.05) is 38.3 Å². The van der Waals surface area contributed by atoms with E-state index in [0.717, 1.165) is 0 Å². The first-order valence-electron chi connectivity index (χ1n) is 9.73. The van der Waals surface area contributed by atoms with Crippen molar-refractivity contribution >= 4 is 23.2 Å². The molecule has 2 aromatic carbocycles. The number of ketones is 2. The number of anilines is 1. The van der Waals surface area contributed by atoms with E-state index in [0.29, 0.717) is 48.9 Å². The Morgan fingerprint density at radius 3 is 2.30 bits per heavy atom. The Bertz CT molecular complexity index is 1050. The number of carbonyl (C=O) groups excluding carboxylic acids is 3. The number of amides is 1. The predicted molar refractivity (Wildman–Crippen MR) is 111 cm³/mol. The Balaban J connectivity index is 1.95. The average Bonchev–Trinajstić information content (AvgIpc) is 2.78. The summed E-state index contributed by atoms with van der Waals surface area (Å²) in [6, 6.07) is 13.6. The molecule has 0 N–H and O–H groups in total. The average molecular weight is 406 g/mol. The molecule has 0 unspecified atom stereocenters. The summed E-state index contributed by atoms with van der Waals surface area (Å²) >= 11 is 0. The number of allylic oxidation sites excluding steroid dienone is 2. The van der Waals surface area contributed by atoms with E-state index in [4.69, 9.17) is 9.47 Å². The number of benzene rings is 2. The van der Waals surface area contributed by atoms with Gasteiger partial charge >= 0.3 is 0 Å². The molecule has 2 aliphatic rings. The Hall–Kier alpha value is -3.45. The maximum atomic E-state index is 13.6. The minimum Gasteiger partial charge on any atom is -0.497 e. The maximum Gasteiger partial charge on any atom is 0.228 e. The number of ether oxygens (including phenoxy) is 2. The number of hydrogen-bond acceptors (Lipinski definition) is 6. The van der Waals surface area contributed by atoms with Crippen LogP contribution in [0.25, 0.3) is 0 Å². The fourth-order valence-corrected chi connectivity index (χ4v) is 3.86. The number of methoxy groups -OCH3 is 1. The molecule has 1 saturated heterocycles. The van der Waals surface area contributed by atoms with Crippen LogP contribution >= 0.6 is 0 Å². The van der Waals surface area contributed by atoms with Crippen molar-refractivity contribution in [3.05, 3.63) is 71.1 Å². The fourth-order valence-electron chi connectivity index (χ4n) is 3.86. The monoisotopic (exact) mass is 406 g/mol. The summed E-state index contributed by atoms with van der Waals surface area (Å²) < 4.78 is 10.7. The molecule has 1 fully saturated rings. The first kappa shape index (κ1) is 19.8. The van der Waals surface area contributed by atoms with Crippen LogP contribution in [0, 0.1) is 0 Å². The van der Waals surface area contributed by atoms with Crippen LogP contribution in [-0.4, -0.2) is 55.8 Å². The van der Waals surface area contributed by atoms with E-state index in [-0.39, 0.29) is 28.9 Å². The minimum absolute atomic E-state index is 0.0707. The number of hydrogen-bond donors (Lipinski definition) is 0. The SMILES string of the molecule is COc1cccc(N(C(C)=O)C2=C(N3CCOCC3)C(=O)c3ccccc3C2=O)c1. The fraction of sp³-hybridized carbons (Fsp3) is 0.261. The van der Waals surface area contributed by atoms with Crippen molar-refractivity contribution in [1.29, 1.82) is 0 Å². The third kappa shape index (κ3) is 3.37. The largest absolute Gasteiger partial charge is 0.497 e. The van der Waals surface area contributed by atoms with E-state index in [1.165, 1.54) is 18.9 Å². The van der Waals surface area contributed by atoms with Gasteiger partial charge in [-0.1, -0.05) is 30.3 Å². The summed E-state index contributed by atoms with van der Waals surface area (Å²) in [6.45, 7) is 3.19. The second-order valence-electron chi connectivity index (χ2n) is 7.06. The second-order valence-corrected chi connectivity index (χ2v) is 7.06. The van der Waals surface area contributed by atoms with E-state index in [1.807, 2.05) is 4.90 Å². The summed E-state index contributed by atoms with van der Waals surface area (Å²) in [5, 5.41) is 0. The molecule has 1 amide bonds. The lowest BCUT2D eigenvalue weighted by atomic mass is 9.88. The van der Waals surface area contributed by atoms with Gasteiger partial charge in [-0.2, -0.15) is 0 Å². The van der Waals surface area contributed by atoms with Gasteiger partial charge in [0.05, 0.1) is 26.0 Å². The summed E-state index contributed by atoms with van der Waals surface area (Å²) in [5.74, 6) is -0.451. The van der Waals surface area contributed by atoms with Crippen LogP contribution in [0.5, 0.6) is 5.75 Å². The van der Waals surface area contributed by atoms with Gasteiger partial charge in [0.2, 0.25) is 17.5 Å². The maximum absolute atomic E-state index is 13.6. The van der Waals surface area contributed by atoms with E-state index in [2.05, 4.69) is 0 Å². The van der Waals surface area contributed by atoms with Gasteiger partial charge in [-0.15, -0.1) is 0 Å².